The maximum absolute atomic E-state index is 13.9. The molecular formula is C26H26FN3O2. The first-order valence-corrected chi connectivity index (χ1v) is 10.6. The summed E-state index contributed by atoms with van der Waals surface area (Å²) in [6.45, 7) is 2.13. The van der Waals surface area contributed by atoms with Gasteiger partial charge in [0.15, 0.2) is 23.1 Å². The second kappa shape index (κ2) is 8.46. The molecule has 0 aliphatic carbocycles. The lowest BCUT2D eigenvalue weighted by molar-refractivity contribution is -0.129. The molecule has 32 heavy (non-hydrogen) atoms. The highest BCUT2D eigenvalue weighted by Gasteiger charge is 2.49. The first kappa shape index (κ1) is 21.6. The number of hydrogen-bond donors (Lipinski definition) is 1. The van der Waals surface area contributed by atoms with E-state index in [1.54, 1.807) is 19.2 Å². The molecule has 6 heteroatoms. The van der Waals surface area contributed by atoms with Crippen LogP contribution in [0.5, 0.6) is 5.75 Å². The van der Waals surface area contributed by atoms with Crippen molar-refractivity contribution in [2.75, 3.05) is 14.2 Å². The SMILES string of the molecule is CCCc1ccc(C2(c3cccc(-c4ccc(F)c(OC)c4)c3)N=C(N)N(C)C2=O)cc1. The summed E-state index contributed by atoms with van der Waals surface area (Å²) < 4.78 is 19.0. The van der Waals surface area contributed by atoms with Gasteiger partial charge in [-0.05, 0) is 52.4 Å². The molecule has 1 aliphatic heterocycles. The summed E-state index contributed by atoms with van der Waals surface area (Å²) in [4.78, 5) is 19.6. The lowest BCUT2D eigenvalue weighted by Crippen LogP contribution is -2.41. The third kappa shape index (κ3) is 3.51. The van der Waals surface area contributed by atoms with Crippen molar-refractivity contribution >= 4 is 11.9 Å². The van der Waals surface area contributed by atoms with E-state index < -0.39 is 11.4 Å². The zero-order valence-corrected chi connectivity index (χ0v) is 18.4. The monoisotopic (exact) mass is 431 g/mol. The molecule has 0 fully saturated rings. The normalized spacial score (nSPS) is 18.1. The van der Waals surface area contributed by atoms with Gasteiger partial charge in [-0.2, -0.15) is 0 Å². The number of nitrogens with zero attached hydrogens (tertiary/aromatic N) is 2. The highest BCUT2D eigenvalue weighted by molar-refractivity contribution is 6.09. The third-order valence-electron chi connectivity index (χ3n) is 5.92. The second-order valence-corrected chi connectivity index (χ2v) is 7.92. The molecule has 0 saturated heterocycles. The summed E-state index contributed by atoms with van der Waals surface area (Å²) in [5.41, 5.74) is 9.06. The average molecular weight is 432 g/mol. The van der Waals surface area contributed by atoms with E-state index in [9.17, 15) is 9.18 Å². The Hall–Kier alpha value is -3.67. The number of nitrogens with two attached hydrogens (primary N) is 1. The topological polar surface area (TPSA) is 67.9 Å². The maximum Gasteiger partial charge on any atom is 0.266 e. The summed E-state index contributed by atoms with van der Waals surface area (Å²) >= 11 is 0. The van der Waals surface area contributed by atoms with E-state index >= 15 is 0 Å². The standard InChI is InChI=1S/C26H26FN3O2/c1-4-6-17-9-12-20(13-10-17)26(24(31)30(2)25(28)29-26)21-8-5-7-18(15-21)19-11-14-22(27)23(16-19)32-3/h5,7-16H,4,6H2,1-3H3,(H2,28,29). The molecule has 0 spiro atoms. The number of likely N-dealkylation sites (N-methyl/N-ethyl adjacent to an activating group) is 1. The predicted molar refractivity (Wildman–Crippen MR) is 124 cm³/mol. The molecule has 2 N–H and O–H groups in total. The van der Waals surface area contributed by atoms with E-state index in [4.69, 9.17) is 10.5 Å². The van der Waals surface area contributed by atoms with E-state index in [1.807, 2.05) is 48.5 Å². The van der Waals surface area contributed by atoms with Gasteiger partial charge < -0.3 is 10.5 Å². The Morgan fingerprint density at radius 2 is 1.75 bits per heavy atom. The van der Waals surface area contributed by atoms with Gasteiger partial charge in [0.1, 0.15) is 0 Å². The molecule has 0 aromatic heterocycles. The fourth-order valence-corrected chi connectivity index (χ4v) is 4.15. The van der Waals surface area contributed by atoms with Crippen molar-refractivity contribution in [1.29, 1.82) is 0 Å². The predicted octanol–water partition coefficient (Wildman–Crippen LogP) is 4.48. The first-order valence-electron chi connectivity index (χ1n) is 10.6. The zero-order chi connectivity index (χ0) is 22.9. The number of rotatable bonds is 6. The van der Waals surface area contributed by atoms with Crippen LogP contribution in [0.1, 0.15) is 30.0 Å². The number of hydrogen-bond acceptors (Lipinski definition) is 4. The Balaban J connectivity index is 1.87. The van der Waals surface area contributed by atoms with Crippen LogP contribution in [0.2, 0.25) is 0 Å². The third-order valence-corrected chi connectivity index (χ3v) is 5.92. The number of benzene rings is 3. The van der Waals surface area contributed by atoms with Crippen LogP contribution in [-0.2, 0) is 16.8 Å². The van der Waals surface area contributed by atoms with Crippen LogP contribution in [0, 0.1) is 5.82 Å². The van der Waals surface area contributed by atoms with Gasteiger partial charge in [0.05, 0.1) is 7.11 Å². The van der Waals surface area contributed by atoms with Gasteiger partial charge in [-0.15, -0.1) is 0 Å². The van der Waals surface area contributed by atoms with Gasteiger partial charge in [0.25, 0.3) is 5.91 Å². The minimum Gasteiger partial charge on any atom is -0.494 e. The number of carbonyl (C=O) groups excluding carboxylic acids is 1. The molecule has 1 amide bonds. The number of carbonyl (C=O) groups is 1. The Morgan fingerprint density at radius 3 is 2.38 bits per heavy atom. The Morgan fingerprint density at radius 1 is 1.03 bits per heavy atom. The van der Waals surface area contributed by atoms with Gasteiger partial charge in [-0.3, -0.25) is 9.69 Å². The van der Waals surface area contributed by atoms with Crippen molar-refractivity contribution in [3.8, 4) is 16.9 Å². The molecule has 1 aliphatic rings. The number of halogens is 1. The number of amides is 1. The molecule has 3 aromatic rings. The lowest BCUT2D eigenvalue weighted by Gasteiger charge is -2.27. The van der Waals surface area contributed by atoms with Crippen molar-refractivity contribution in [3.63, 3.8) is 0 Å². The minimum absolute atomic E-state index is 0.160. The maximum atomic E-state index is 13.9. The molecule has 3 aromatic carbocycles. The summed E-state index contributed by atoms with van der Waals surface area (Å²) in [6, 6.07) is 20.2. The molecule has 0 radical (unpaired) electrons. The molecule has 5 nitrogen and oxygen atoms in total. The summed E-state index contributed by atoms with van der Waals surface area (Å²) in [5.74, 6) is -0.317. The smallest absolute Gasteiger partial charge is 0.266 e. The number of ether oxygens (including phenoxy) is 1. The molecule has 0 bridgehead atoms. The van der Waals surface area contributed by atoms with E-state index in [1.165, 1.54) is 23.6 Å². The van der Waals surface area contributed by atoms with E-state index in [0.717, 1.165) is 29.5 Å². The minimum atomic E-state index is -1.27. The van der Waals surface area contributed by atoms with Crippen molar-refractivity contribution < 1.29 is 13.9 Å². The van der Waals surface area contributed by atoms with Crippen molar-refractivity contribution in [3.05, 3.63) is 89.2 Å². The number of aryl methyl sites for hydroxylation is 1. The average Bonchev–Trinajstić information content (AvgIpc) is 3.05. The van der Waals surface area contributed by atoms with Gasteiger partial charge >= 0.3 is 0 Å². The molecule has 1 unspecified atom stereocenters. The molecule has 1 atom stereocenters. The Kier molecular flexibility index (Phi) is 5.70. The van der Waals surface area contributed by atoms with Crippen LogP contribution in [0.15, 0.2) is 71.7 Å². The highest BCUT2D eigenvalue weighted by Crippen LogP contribution is 2.41. The number of aliphatic imine (C=N–C) groups is 1. The highest BCUT2D eigenvalue weighted by atomic mass is 19.1. The first-order chi connectivity index (χ1) is 15.4. The van der Waals surface area contributed by atoms with Crippen molar-refractivity contribution in [2.24, 2.45) is 10.7 Å². The lowest BCUT2D eigenvalue weighted by atomic mass is 9.81. The van der Waals surface area contributed by atoms with Crippen LogP contribution in [0.4, 0.5) is 4.39 Å². The van der Waals surface area contributed by atoms with E-state index in [2.05, 4.69) is 11.9 Å². The van der Waals surface area contributed by atoms with E-state index in [-0.39, 0.29) is 17.6 Å². The number of methoxy groups -OCH3 is 1. The van der Waals surface area contributed by atoms with Crippen LogP contribution in [-0.4, -0.2) is 30.9 Å². The van der Waals surface area contributed by atoms with Gasteiger partial charge in [-0.25, -0.2) is 9.38 Å². The summed E-state index contributed by atoms with van der Waals surface area (Å²) in [6.07, 6.45) is 2.01. The second-order valence-electron chi connectivity index (χ2n) is 7.92. The van der Waals surface area contributed by atoms with Crippen LogP contribution in [0.25, 0.3) is 11.1 Å². The van der Waals surface area contributed by atoms with Gasteiger partial charge in [-0.1, -0.05) is 61.9 Å². The summed E-state index contributed by atoms with van der Waals surface area (Å²) in [5, 5.41) is 0. The quantitative estimate of drug-likeness (QED) is 0.626. The summed E-state index contributed by atoms with van der Waals surface area (Å²) in [7, 11) is 3.06. The molecular weight excluding hydrogens is 405 g/mol. The number of guanidine groups is 1. The van der Waals surface area contributed by atoms with Crippen LogP contribution >= 0.6 is 0 Å². The van der Waals surface area contributed by atoms with Gasteiger partial charge in [0.2, 0.25) is 0 Å². The fourth-order valence-electron chi connectivity index (χ4n) is 4.15. The zero-order valence-electron chi connectivity index (χ0n) is 18.4. The van der Waals surface area contributed by atoms with E-state index in [0.29, 0.717) is 5.56 Å². The van der Waals surface area contributed by atoms with Crippen molar-refractivity contribution in [2.45, 2.75) is 25.3 Å². The molecule has 0 saturated carbocycles. The molecule has 1 heterocycles. The van der Waals surface area contributed by atoms with Crippen LogP contribution in [0.3, 0.4) is 0 Å². The van der Waals surface area contributed by atoms with Gasteiger partial charge in [0, 0.05) is 7.05 Å². The molecule has 164 valence electrons. The Bertz CT molecular complexity index is 1190. The fraction of sp³-hybridized carbons (Fsp3) is 0.231. The van der Waals surface area contributed by atoms with Crippen molar-refractivity contribution in [1.82, 2.24) is 4.90 Å². The Labute approximate surface area is 187 Å². The molecule has 4 rings (SSSR count). The van der Waals surface area contributed by atoms with Crippen LogP contribution < -0.4 is 10.5 Å². The largest absolute Gasteiger partial charge is 0.494 e.